The molecule has 0 aliphatic carbocycles. The third-order valence-electron chi connectivity index (χ3n) is 5.51. The van der Waals surface area contributed by atoms with Crippen molar-refractivity contribution in [2.24, 2.45) is 0 Å². The van der Waals surface area contributed by atoms with E-state index in [0.717, 1.165) is 0 Å². The second kappa shape index (κ2) is 10.0. The summed E-state index contributed by atoms with van der Waals surface area (Å²) in [5.74, 6) is -1.55. The maximum atomic E-state index is 13.5. The number of halogens is 1. The zero-order valence-corrected chi connectivity index (χ0v) is 19.9. The number of esters is 1. The van der Waals surface area contributed by atoms with Crippen molar-refractivity contribution in [2.45, 2.75) is 39.3 Å². The Morgan fingerprint density at radius 3 is 2.63 bits per heavy atom. The Morgan fingerprint density at radius 1 is 1.14 bits per heavy atom. The number of hydrogen-bond donors (Lipinski definition) is 0. The molecule has 4 aromatic rings. The molecule has 0 N–H and O–H groups in total. The number of fused-ring (bicyclic) bond motifs is 1. The predicted molar refractivity (Wildman–Crippen MR) is 127 cm³/mol. The van der Waals surface area contributed by atoms with Gasteiger partial charge < -0.3 is 14.2 Å². The van der Waals surface area contributed by atoms with E-state index in [-0.39, 0.29) is 29.6 Å². The highest BCUT2D eigenvalue weighted by molar-refractivity contribution is 6.05. The van der Waals surface area contributed by atoms with Crippen molar-refractivity contribution in [3.05, 3.63) is 77.5 Å². The van der Waals surface area contributed by atoms with Gasteiger partial charge in [-0.05, 0) is 48.7 Å². The summed E-state index contributed by atoms with van der Waals surface area (Å²) >= 11 is 0. The van der Waals surface area contributed by atoms with Crippen LogP contribution < -0.4 is 0 Å². The second-order valence-corrected chi connectivity index (χ2v) is 8.57. The van der Waals surface area contributed by atoms with Crippen molar-refractivity contribution in [1.29, 1.82) is 0 Å². The van der Waals surface area contributed by atoms with Gasteiger partial charge in [0.1, 0.15) is 5.82 Å². The van der Waals surface area contributed by atoms with Gasteiger partial charge in [-0.3, -0.25) is 9.78 Å². The lowest BCUT2D eigenvalue weighted by molar-refractivity contribution is -0.139. The molecule has 0 saturated heterocycles. The number of nitrogens with zero attached hydrogens (tertiary/aromatic N) is 4. The largest absolute Gasteiger partial charge is 0.449 e. The summed E-state index contributed by atoms with van der Waals surface area (Å²) in [5.41, 5.74) is 2.74. The number of rotatable bonds is 7. The normalized spacial score (nSPS) is 12.1. The van der Waals surface area contributed by atoms with E-state index < -0.39 is 18.0 Å². The number of carbonyl (C=O) groups excluding carboxylic acids is 2. The first kappa shape index (κ1) is 24.0. The van der Waals surface area contributed by atoms with Crippen LogP contribution in [0.4, 0.5) is 4.39 Å². The van der Waals surface area contributed by atoms with Crippen LogP contribution in [-0.4, -0.2) is 45.1 Å². The maximum Gasteiger partial charge on any atom is 0.339 e. The molecule has 180 valence electrons. The van der Waals surface area contributed by atoms with Gasteiger partial charge in [-0.2, -0.15) is 0 Å². The summed E-state index contributed by atoms with van der Waals surface area (Å²) in [6, 6.07) is 11.1. The van der Waals surface area contributed by atoms with Gasteiger partial charge in [-0.25, -0.2) is 14.2 Å². The molecule has 3 heterocycles. The Labute approximate surface area is 201 Å². The van der Waals surface area contributed by atoms with Crippen LogP contribution in [0, 0.1) is 5.82 Å². The molecular formula is C26H25FN4O4. The van der Waals surface area contributed by atoms with Crippen molar-refractivity contribution >= 4 is 23.0 Å². The van der Waals surface area contributed by atoms with E-state index >= 15 is 0 Å². The first-order chi connectivity index (χ1) is 16.7. The van der Waals surface area contributed by atoms with E-state index in [2.05, 4.69) is 15.1 Å². The molecule has 1 amide bonds. The number of ether oxygens (including phenoxy) is 1. The SMILES string of the molecule is CC(C)c1noc2nc(-c3cccnc3)cc(C(=O)O[C@@H](C)C(=O)N(C)Cc3cccc(F)c3)c12. The molecule has 8 nitrogen and oxygen atoms in total. The lowest BCUT2D eigenvalue weighted by Crippen LogP contribution is -2.37. The molecule has 0 fully saturated rings. The minimum Gasteiger partial charge on any atom is -0.449 e. The Balaban J connectivity index is 1.61. The number of pyridine rings is 2. The molecule has 4 rings (SSSR count). The fourth-order valence-corrected chi connectivity index (χ4v) is 3.76. The van der Waals surface area contributed by atoms with Gasteiger partial charge in [-0.15, -0.1) is 0 Å². The number of amides is 1. The van der Waals surface area contributed by atoms with Crippen LogP contribution in [0.3, 0.4) is 0 Å². The van der Waals surface area contributed by atoms with E-state index in [1.807, 2.05) is 19.9 Å². The molecule has 35 heavy (non-hydrogen) atoms. The van der Waals surface area contributed by atoms with Crippen LogP contribution in [0.15, 0.2) is 59.4 Å². The van der Waals surface area contributed by atoms with E-state index in [1.54, 1.807) is 43.7 Å². The van der Waals surface area contributed by atoms with Crippen LogP contribution >= 0.6 is 0 Å². The molecule has 0 aliphatic rings. The van der Waals surface area contributed by atoms with Crippen LogP contribution in [-0.2, 0) is 16.1 Å². The average molecular weight is 477 g/mol. The Bertz CT molecular complexity index is 1370. The third-order valence-corrected chi connectivity index (χ3v) is 5.51. The van der Waals surface area contributed by atoms with Crippen molar-refractivity contribution in [2.75, 3.05) is 7.05 Å². The van der Waals surface area contributed by atoms with E-state index in [9.17, 15) is 14.0 Å². The summed E-state index contributed by atoms with van der Waals surface area (Å²) < 4.78 is 24.5. The van der Waals surface area contributed by atoms with Gasteiger partial charge in [0.25, 0.3) is 11.6 Å². The molecule has 0 unspecified atom stereocenters. The van der Waals surface area contributed by atoms with Gasteiger partial charge in [0.2, 0.25) is 0 Å². The monoisotopic (exact) mass is 476 g/mol. The molecule has 1 aromatic carbocycles. The summed E-state index contributed by atoms with van der Waals surface area (Å²) in [6.07, 6.45) is 2.18. The van der Waals surface area contributed by atoms with Crippen LogP contribution in [0.25, 0.3) is 22.4 Å². The number of aromatic nitrogens is 3. The van der Waals surface area contributed by atoms with E-state index in [0.29, 0.717) is 27.9 Å². The smallest absolute Gasteiger partial charge is 0.339 e. The average Bonchev–Trinajstić information content (AvgIpc) is 3.28. The predicted octanol–water partition coefficient (Wildman–Crippen LogP) is 4.75. The first-order valence-electron chi connectivity index (χ1n) is 11.2. The highest BCUT2D eigenvalue weighted by Crippen LogP contribution is 2.31. The second-order valence-electron chi connectivity index (χ2n) is 8.57. The fourth-order valence-electron chi connectivity index (χ4n) is 3.76. The standard InChI is InChI=1S/C26H25FN4O4/c1-15(2)23-22-20(12-21(29-24(22)35-30-23)18-8-6-10-28-13-18)26(33)34-16(3)25(32)31(4)14-17-7-5-9-19(27)11-17/h5-13,15-16H,14H2,1-4H3/t16-/m0/s1. The lowest BCUT2D eigenvalue weighted by atomic mass is 10.0. The van der Waals surface area contributed by atoms with Gasteiger partial charge in [0.15, 0.2) is 6.10 Å². The quantitative estimate of drug-likeness (QED) is 0.355. The molecular weight excluding hydrogens is 451 g/mol. The van der Waals surface area contributed by atoms with E-state index in [4.69, 9.17) is 9.26 Å². The molecule has 0 saturated carbocycles. The number of benzene rings is 1. The lowest BCUT2D eigenvalue weighted by Gasteiger charge is -2.22. The fraction of sp³-hybridized carbons (Fsp3) is 0.269. The van der Waals surface area contributed by atoms with E-state index in [1.165, 1.54) is 24.0 Å². The summed E-state index contributed by atoms with van der Waals surface area (Å²) in [7, 11) is 1.57. The van der Waals surface area contributed by atoms with Gasteiger partial charge in [0.05, 0.1) is 22.3 Å². The Hall–Kier alpha value is -4.14. The number of carbonyl (C=O) groups is 2. The van der Waals surface area contributed by atoms with Crippen molar-refractivity contribution < 1.29 is 23.2 Å². The van der Waals surface area contributed by atoms with Crippen molar-refractivity contribution in [3.63, 3.8) is 0 Å². The van der Waals surface area contributed by atoms with Gasteiger partial charge >= 0.3 is 5.97 Å². The molecule has 0 spiro atoms. The molecule has 3 aromatic heterocycles. The number of hydrogen-bond acceptors (Lipinski definition) is 7. The van der Waals surface area contributed by atoms with Gasteiger partial charge in [0, 0.05) is 31.5 Å². The van der Waals surface area contributed by atoms with Crippen molar-refractivity contribution in [1.82, 2.24) is 20.0 Å². The van der Waals surface area contributed by atoms with Crippen LogP contribution in [0.1, 0.15) is 48.3 Å². The summed E-state index contributed by atoms with van der Waals surface area (Å²) in [5, 5.41) is 4.55. The first-order valence-corrected chi connectivity index (χ1v) is 11.2. The Morgan fingerprint density at radius 2 is 1.94 bits per heavy atom. The zero-order chi connectivity index (χ0) is 25.1. The molecule has 9 heteroatoms. The minimum atomic E-state index is -1.08. The van der Waals surface area contributed by atoms with Crippen LogP contribution in [0.2, 0.25) is 0 Å². The molecule has 1 atom stereocenters. The molecule has 0 radical (unpaired) electrons. The summed E-state index contributed by atoms with van der Waals surface area (Å²) in [4.78, 5) is 36.2. The van der Waals surface area contributed by atoms with Crippen LogP contribution in [0.5, 0.6) is 0 Å². The zero-order valence-electron chi connectivity index (χ0n) is 19.9. The Kier molecular flexibility index (Phi) is 6.86. The highest BCUT2D eigenvalue weighted by Gasteiger charge is 2.27. The number of likely N-dealkylation sites (N-methyl/N-ethyl adjacent to an activating group) is 1. The minimum absolute atomic E-state index is 0.0368. The topological polar surface area (TPSA) is 98.4 Å². The third kappa shape index (κ3) is 5.18. The molecule has 0 bridgehead atoms. The van der Waals surface area contributed by atoms with Gasteiger partial charge in [-0.1, -0.05) is 31.1 Å². The molecule has 0 aliphatic heterocycles. The maximum absolute atomic E-state index is 13.5. The summed E-state index contributed by atoms with van der Waals surface area (Å²) in [6.45, 7) is 5.52. The highest BCUT2D eigenvalue weighted by atomic mass is 19.1. The van der Waals surface area contributed by atoms with Crippen molar-refractivity contribution in [3.8, 4) is 11.3 Å².